The number of hydrogen-bond donors (Lipinski definition) is 2. The molecule has 122 valence electrons. The minimum absolute atomic E-state index is 0.0400. The van der Waals surface area contributed by atoms with Gasteiger partial charge in [0.15, 0.2) is 5.82 Å². The van der Waals surface area contributed by atoms with Crippen molar-refractivity contribution in [3.63, 3.8) is 0 Å². The lowest BCUT2D eigenvalue weighted by molar-refractivity contribution is 0.0790. The Labute approximate surface area is 139 Å². The second kappa shape index (κ2) is 5.92. The van der Waals surface area contributed by atoms with Crippen LogP contribution in [0.3, 0.4) is 0 Å². The highest BCUT2D eigenvalue weighted by atomic mass is 16.2. The Morgan fingerprint density at radius 2 is 2.29 bits per heavy atom. The van der Waals surface area contributed by atoms with E-state index in [1.165, 1.54) is 0 Å². The van der Waals surface area contributed by atoms with E-state index in [-0.39, 0.29) is 11.8 Å². The molecule has 3 aromatic rings. The zero-order valence-electron chi connectivity index (χ0n) is 13.4. The highest BCUT2D eigenvalue weighted by Gasteiger charge is 2.29. The molecule has 1 aromatic carbocycles. The molecule has 24 heavy (non-hydrogen) atoms. The third-order valence-electron chi connectivity index (χ3n) is 4.35. The number of aromatic nitrogens is 5. The summed E-state index contributed by atoms with van der Waals surface area (Å²) in [6.45, 7) is 3.29. The molecule has 2 N–H and O–H groups in total. The van der Waals surface area contributed by atoms with E-state index < -0.39 is 0 Å². The Morgan fingerprint density at radius 3 is 3.04 bits per heavy atom. The summed E-state index contributed by atoms with van der Waals surface area (Å²) < 4.78 is 0. The van der Waals surface area contributed by atoms with Crippen molar-refractivity contribution >= 4 is 5.91 Å². The van der Waals surface area contributed by atoms with E-state index in [4.69, 9.17) is 0 Å². The molecule has 0 spiro atoms. The molecule has 1 saturated heterocycles. The molecular weight excluding hydrogens is 304 g/mol. The molecule has 1 aliphatic heterocycles. The van der Waals surface area contributed by atoms with E-state index in [0.29, 0.717) is 17.9 Å². The van der Waals surface area contributed by atoms with Crippen LogP contribution in [0.1, 0.15) is 34.3 Å². The third-order valence-corrected chi connectivity index (χ3v) is 4.35. The van der Waals surface area contributed by atoms with E-state index in [9.17, 15) is 4.79 Å². The van der Waals surface area contributed by atoms with Crippen molar-refractivity contribution in [2.24, 2.45) is 0 Å². The number of amides is 1. The molecule has 1 fully saturated rings. The minimum Gasteiger partial charge on any atom is -0.348 e. The number of rotatable bonds is 3. The van der Waals surface area contributed by atoms with E-state index >= 15 is 0 Å². The predicted octanol–water partition coefficient (Wildman–Crippen LogP) is 2.13. The first kappa shape index (κ1) is 14.6. The molecule has 1 aliphatic rings. The molecule has 2 aromatic heterocycles. The van der Waals surface area contributed by atoms with Crippen molar-refractivity contribution in [1.82, 2.24) is 30.0 Å². The van der Waals surface area contributed by atoms with Gasteiger partial charge in [-0.1, -0.05) is 12.1 Å². The fraction of sp³-hybridized carbons (Fsp3) is 0.294. The van der Waals surface area contributed by atoms with Crippen LogP contribution in [0.15, 0.2) is 36.7 Å². The van der Waals surface area contributed by atoms with Gasteiger partial charge in [-0.05, 0) is 25.5 Å². The fourth-order valence-corrected chi connectivity index (χ4v) is 3.11. The van der Waals surface area contributed by atoms with Crippen LogP contribution < -0.4 is 0 Å². The number of carbonyl (C=O) groups is 1. The van der Waals surface area contributed by atoms with Gasteiger partial charge in [0, 0.05) is 42.5 Å². The number of benzene rings is 1. The molecule has 0 saturated carbocycles. The number of nitrogens with zero attached hydrogens (tertiary/aromatic N) is 4. The second-order valence-corrected chi connectivity index (χ2v) is 6.04. The summed E-state index contributed by atoms with van der Waals surface area (Å²) in [5, 5.41) is 6.98. The highest BCUT2D eigenvalue weighted by Crippen LogP contribution is 2.26. The van der Waals surface area contributed by atoms with Gasteiger partial charge in [0.25, 0.3) is 5.91 Å². The Bertz CT molecular complexity index is 854. The quantitative estimate of drug-likeness (QED) is 0.773. The Kier molecular flexibility index (Phi) is 3.60. The first-order valence-corrected chi connectivity index (χ1v) is 7.98. The molecule has 1 amide bonds. The number of carbonyl (C=O) groups excluding carboxylic acids is 1. The van der Waals surface area contributed by atoms with Crippen molar-refractivity contribution in [2.75, 3.05) is 13.1 Å². The van der Waals surface area contributed by atoms with Gasteiger partial charge in [-0.3, -0.25) is 9.89 Å². The van der Waals surface area contributed by atoms with Crippen LogP contribution in [0.25, 0.3) is 11.4 Å². The minimum atomic E-state index is 0.0400. The first-order chi connectivity index (χ1) is 11.7. The first-order valence-electron chi connectivity index (χ1n) is 7.98. The number of aromatic amines is 2. The molecule has 1 unspecified atom stereocenters. The maximum absolute atomic E-state index is 12.8. The molecule has 3 heterocycles. The normalized spacial score (nSPS) is 17.4. The number of nitrogens with one attached hydrogen (secondary N) is 2. The lowest BCUT2D eigenvalue weighted by Gasteiger charge is -2.16. The Balaban J connectivity index is 1.53. The molecule has 0 aliphatic carbocycles. The standard InChI is InChI=1S/C17H18N6O/c1-11-20-16(22-21-11)12-3-2-4-13(9-12)17(24)23-8-5-14(10-23)15-18-6-7-19-15/h2-4,6-7,9,14H,5,8,10H2,1H3,(H,18,19)(H,20,21,22). The van der Waals surface area contributed by atoms with E-state index in [1.807, 2.05) is 42.3 Å². The van der Waals surface area contributed by atoms with Crippen LogP contribution in [-0.4, -0.2) is 49.0 Å². The topological polar surface area (TPSA) is 90.6 Å². The van der Waals surface area contributed by atoms with Crippen LogP contribution in [0.5, 0.6) is 0 Å². The van der Waals surface area contributed by atoms with Gasteiger partial charge in [0.2, 0.25) is 0 Å². The summed E-state index contributed by atoms with van der Waals surface area (Å²) in [6.07, 6.45) is 4.50. The summed E-state index contributed by atoms with van der Waals surface area (Å²) in [7, 11) is 0. The van der Waals surface area contributed by atoms with Crippen LogP contribution in [0.4, 0.5) is 0 Å². The van der Waals surface area contributed by atoms with Gasteiger partial charge >= 0.3 is 0 Å². The lowest BCUT2D eigenvalue weighted by atomic mass is 10.1. The van der Waals surface area contributed by atoms with E-state index in [2.05, 4.69) is 25.1 Å². The molecule has 7 heteroatoms. The monoisotopic (exact) mass is 322 g/mol. The predicted molar refractivity (Wildman–Crippen MR) is 88.4 cm³/mol. The summed E-state index contributed by atoms with van der Waals surface area (Å²) in [5.41, 5.74) is 1.50. The number of H-pyrrole nitrogens is 2. The lowest BCUT2D eigenvalue weighted by Crippen LogP contribution is -2.28. The second-order valence-electron chi connectivity index (χ2n) is 6.04. The van der Waals surface area contributed by atoms with E-state index in [0.717, 1.165) is 30.2 Å². The number of likely N-dealkylation sites (tertiary alicyclic amines) is 1. The van der Waals surface area contributed by atoms with Gasteiger partial charge in [-0.25, -0.2) is 9.97 Å². The maximum Gasteiger partial charge on any atom is 0.253 e. The van der Waals surface area contributed by atoms with Gasteiger partial charge in [-0.2, -0.15) is 5.10 Å². The summed E-state index contributed by atoms with van der Waals surface area (Å²) >= 11 is 0. The zero-order valence-corrected chi connectivity index (χ0v) is 13.4. The van der Waals surface area contributed by atoms with Crippen molar-refractivity contribution < 1.29 is 4.79 Å². The number of imidazole rings is 1. The smallest absolute Gasteiger partial charge is 0.253 e. The Hall–Kier alpha value is -2.96. The molecular formula is C17H18N6O. The Morgan fingerprint density at radius 1 is 1.38 bits per heavy atom. The fourth-order valence-electron chi connectivity index (χ4n) is 3.11. The third kappa shape index (κ3) is 2.68. The highest BCUT2D eigenvalue weighted by molar-refractivity contribution is 5.95. The van der Waals surface area contributed by atoms with Crippen molar-refractivity contribution in [3.05, 3.63) is 53.9 Å². The molecule has 4 rings (SSSR count). The summed E-state index contributed by atoms with van der Waals surface area (Å²) in [6, 6.07) is 7.47. The van der Waals surface area contributed by atoms with Crippen molar-refractivity contribution in [2.45, 2.75) is 19.3 Å². The van der Waals surface area contributed by atoms with Gasteiger partial charge in [-0.15, -0.1) is 0 Å². The van der Waals surface area contributed by atoms with Gasteiger partial charge < -0.3 is 9.88 Å². The maximum atomic E-state index is 12.8. The molecule has 7 nitrogen and oxygen atoms in total. The van der Waals surface area contributed by atoms with Crippen LogP contribution in [-0.2, 0) is 0 Å². The van der Waals surface area contributed by atoms with Crippen LogP contribution in [0, 0.1) is 6.92 Å². The SMILES string of the molecule is Cc1nc(-c2cccc(C(=O)N3CCC(c4ncc[nH]4)C3)c2)n[nH]1. The van der Waals surface area contributed by atoms with Gasteiger partial charge in [0.1, 0.15) is 11.6 Å². The van der Waals surface area contributed by atoms with Gasteiger partial charge in [0.05, 0.1) is 0 Å². The van der Waals surface area contributed by atoms with Crippen molar-refractivity contribution in [1.29, 1.82) is 0 Å². The molecule has 1 atom stereocenters. The van der Waals surface area contributed by atoms with Crippen LogP contribution >= 0.6 is 0 Å². The average molecular weight is 322 g/mol. The zero-order chi connectivity index (χ0) is 16.5. The number of hydrogen-bond acceptors (Lipinski definition) is 4. The van der Waals surface area contributed by atoms with E-state index in [1.54, 1.807) is 6.20 Å². The molecule has 0 bridgehead atoms. The number of aryl methyl sites for hydroxylation is 1. The summed E-state index contributed by atoms with van der Waals surface area (Å²) in [4.78, 5) is 26.5. The van der Waals surface area contributed by atoms with Crippen molar-refractivity contribution in [3.8, 4) is 11.4 Å². The van der Waals surface area contributed by atoms with Crippen LogP contribution in [0.2, 0.25) is 0 Å². The summed E-state index contributed by atoms with van der Waals surface area (Å²) in [5.74, 6) is 2.63. The average Bonchev–Trinajstić information content (AvgIpc) is 3.34. The molecule has 0 radical (unpaired) electrons. The largest absolute Gasteiger partial charge is 0.348 e.